The number of hydrogen-bond donors (Lipinski definition) is 0. The molecule has 16 heavy (non-hydrogen) atoms. The lowest BCUT2D eigenvalue weighted by Crippen LogP contribution is -2.22. The largest absolute Gasteiger partial charge is 0.330 e. The number of alkyl halides is 1. The van der Waals surface area contributed by atoms with Crippen LogP contribution in [-0.4, -0.2) is 9.55 Å². The molecule has 0 N–H and O–H groups in total. The first-order valence-electron chi connectivity index (χ1n) is 6.43. The molecule has 1 aliphatic carbocycles. The highest BCUT2D eigenvalue weighted by molar-refractivity contribution is 6.16. The number of rotatable bonds is 4. The first kappa shape index (κ1) is 12.0. The maximum atomic E-state index is 5.95. The van der Waals surface area contributed by atoms with E-state index < -0.39 is 0 Å². The summed E-state index contributed by atoms with van der Waals surface area (Å²) >= 11 is 5.95. The summed E-state index contributed by atoms with van der Waals surface area (Å²) in [6, 6.07) is 0.608. The van der Waals surface area contributed by atoms with E-state index in [-0.39, 0.29) is 0 Å². The van der Waals surface area contributed by atoms with Crippen LogP contribution in [0.3, 0.4) is 0 Å². The van der Waals surface area contributed by atoms with Crippen LogP contribution in [0.4, 0.5) is 0 Å². The van der Waals surface area contributed by atoms with Crippen LogP contribution in [0.1, 0.15) is 57.2 Å². The number of aromatic nitrogens is 2. The van der Waals surface area contributed by atoms with Crippen LogP contribution in [0.25, 0.3) is 0 Å². The maximum absolute atomic E-state index is 5.95. The fraction of sp³-hybridized carbons (Fsp3) is 0.769. The summed E-state index contributed by atoms with van der Waals surface area (Å²) in [6.07, 6.45) is 12.0. The fourth-order valence-electron chi connectivity index (χ4n) is 3.01. The molecule has 90 valence electrons. The van der Waals surface area contributed by atoms with Crippen molar-refractivity contribution in [1.29, 1.82) is 0 Å². The third-order valence-electron chi connectivity index (χ3n) is 3.85. The van der Waals surface area contributed by atoms with Crippen LogP contribution < -0.4 is 0 Å². The monoisotopic (exact) mass is 240 g/mol. The van der Waals surface area contributed by atoms with Gasteiger partial charge < -0.3 is 4.57 Å². The molecule has 0 radical (unpaired) electrons. The predicted molar refractivity (Wildman–Crippen MR) is 67.7 cm³/mol. The van der Waals surface area contributed by atoms with Crippen molar-refractivity contribution >= 4 is 11.6 Å². The van der Waals surface area contributed by atoms with Gasteiger partial charge in [-0.2, -0.15) is 0 Å². The van der Waals surface area contributed by atoms with E-state index in [9.17, 15) is 0 Å². The molecular weight excluding hydrogens is 220 g/mol. The van der Waals surface area contributed by atoms with E-state index in [1.54, 1.807) is 0 Å². The number of halogens is 1. The Hall–Kier alpha value is -0.500. The Labute approximate surface area is 103 Å². The van der Waals surface area contributed by atoms with Crippen LogP contribution in [0, 0.1) is 5.92 Å². The molecule has 0 spiro atoms. The Morgan fingerprint density at radius 1 is 1.44 bits per heavy atom. The molecule has 2 nitrogen and oxygen atoms in total. The summed E-state index contributed by atoms with van der Waals surface area (Å²) in [5.41, 5.74) is 1.17. The second kappa shape index (κ2) is 5.72. The molecule has 1 unspecified atom stereocenters. The highest BCUT2D eigenvalue weighted by Crippen LogP contribution is 2.35. The predicted octanol–water partition coefficient (Wildman–Crippen LogP) is 4.15. The molecule has 0 aliphatic heterocycles. The van der Waals surface area contributed by atoms with E-state index in [2.05, 4.69) is 16.5 Å². The van der Waals surface area contributed by atoms with Gasteiger partial charge in [0.05, 0.1) is 17.9 Å². The van der Waals surface area contributed by atoms with E-state index in [0.717, 1.165) is 5.92 Å². The Morgan fingerprint density at radius 3 is 2.81 bits per heavy atom. The molecule has 1 aromatic rings. The molecule has 2 rings (SSSR count). The smallest absolute Gasteiger partial charge is 0.0951 e. The Bertz CT molecular complexity index is 315. The second-order valence-electron chi connectivity index (χ2n) is 4.80. The van der Waals surface area contributed by atoms with Gasteiger partial charge in [-0.05, 0) is 25.2 Å². The van der Waals surface area contributed by atoms with Crippen molar-refractivity contribution < 1.29 is 0 Å². The van der Waals surface area contributed by atoms with Gasteiger partial charge in [0, 0.05) is 12.2 Å². The van der Waals surface area contributed by atoms with Gasteiger partial charge in [-0.15, -0.1) is 11.6 Å². The minimum absolute atomic E-state index is 0.573. The van der Waals surface area contributed by atoms with E-state index in [4.69, 9.17) is 11.6 Å². The molecule has 3 heteroatoms. The summed E-state index contributed by atoms with van der Waals surface area (Å²) in [7, 11) is 0. The summed E-state index contributed by atoms with van der Waals surface area (Å²) in [5, 5.41) is 0. The molecule has 1 heterocycles. The standard InChI is InChI=1S/C13H21ClN2/c1-2-13(11-6-4-3-5-7-11)16-10-15-9-12(16)8-14/h9-11,13H,2-8H2,1H3. The highest BCUT2D eigenvalue weighted by Gasteiger charge is 2.24. The van der Waals surface area contributed by atoms with Crippen LogP contribution in [0.2, 0.25) is 0 Å². The Balaban J connectivity index is 2.14. The van der Waals surface area contributed by atoms with E-state index in [1.165, 1.54) is 44.2 Å². The molecule has 0 bridgehead atoms. The third-order valence-corrected chi connectivity index (χ3v) is 4.13. The van der Waals surface area contributed by atoms with Crippen molar-refractivity contribution in [2.75, 3.05) is 0 Å². The number of nitrogens with zero attached hydrogens (tertiary/aromatic N) is 2. The van der Waals surface area contributed by atoms with E-state index in [1.807, 2.05) is 12.5 Å². The van der Waals surface area contributed by atoms with E-state index >= 15 is 0 Å². The lowest BCUT2D eigenvalue weighted by atomic mass is 9.83. The summed E-state index contributed by atoms with van der Waals surface area (Å²) in [4.78, 5) is 4.24. The number of hydrogen-bond acceptors (Lipinski definition) is 1. The van der Waals surface area contributed by atoms with Crippen molar-refractivity contribution in [3.8, 4) is 0 Å². The lowest BCUT2D eigenvalue weighted by molar-refractivity contribution is 0.240. The van der Waals surface area contributed by atoms with Crippen LogP contribution in [0.5, 0.6) is 0 Å². The molecule has 1 fully saturated rings. The molecule has 0 amide bonds. The van der Waals surface area contributed by atoms with Gasteiger partial charge in [0.15, 0.2) is 0 Å². The second-order valence-corrected chi connectivity index (χ2v) is 5.07. The first-order chi connectivity index (χ1) is 7.86. The van der Waals surface area contributed by atoms with Crippen molar-refractivity contribution in [2.45, 2.75) is 57.4 Å². The van der Waals surface area contributed by atoms with Crippen molar-refractivity contribution in [3.63, 3.8) is 0 Å². The van der Waals surface area contributed by atoms with Gasteiger partial charge in [0.2, 0.25) is 0 Å². The zero-order valence-corrected chi connectivity index (χ0v) is 10.8. The van der Waals surface area contributed by atoms with E-state index in [0.29, 0.717) is 11.9 Å². The minimum Gasteiger partial charge on any atom is -0.330 e. The summed E-state index contributed by atoms with van der Waals surface area (Å²) < 4.78 is 2.31. The van der Waals surface area contributed by atoms with Gasteiger partial charge in [-0.1, -0.05) is 26.2 Å². The third kappa shape index (κ3) is 2.42. The normalized spacial score (nSPS) is 19.9. The Kier molecular flexibility index (Phi) is 4.28. The summed E-state index contributed by atoms with van der Waals surface area (Å²) in [5.74, 6) is 1.40. The average Bonchev–Trinajstić information content (AvgIpc) is 2.80. The van der Waals surface area contributed by atoms with Gasteiger partial charge >= 0.3 is 0 Å². The minimum atomic E-state index is 0.573. The molecule has 1 aliphatic rings. The van der Waals surface area contributed by atoms with Gasteiger partial charge in [0.1, 0.15) is 0 Å². The molecule has 1 atom stereocenters. The van der Waals surface area contributed by atoms with Gasteiger partial charge in [0.25, 0.3) is 0 Å². The number of imidazole rings is 1. The van der Waals surface area contributed by atoms with Crippen molar-refractivity contribution in [3.05, 3.63) is 18.2 Å². The van der Waals surface area contributed by atoms with Crippen molar-refractivity contribution in [1.82, 2.24) is 9.55 Å². The van der Waals surface area contributed by atoms with Crippen molar-refractivity contribution in [2.24, 2.45) is 5.92 Å². The molecule has 1 aromatic heterocycles. The van der Waals surface area contributed by atoms with Crippen LogP contribution >= 0.6 is 11.6 Å². The molecule has 0 saturated heterocycles. The van der Waals surface area contributed by atoms with Gasteiger partial charge in [-0.25, -0.2) is 4.98 Å². The zero-order valence-electron chi connectivity index (χ0n) is 10.0. The van der Waals surface area contributed by atoms with Gasteiger partial charge in [-0.3, -0.25) is 0 Å². The molecular formula is C13H21ClN2. The van der Waals surface area contributed by atoms with Crippen LogP contribution in [-0.2, 0) is 5.88 Å². The Morgan fingerprint density at radius 2 is 2.19 bits per heavy atom. The SMILES string of the molecule is CCC(C1CCCCC1)n1cncc1CCl. The molecule has 1 saturated carbocycles. The lowest BCUT2D eigenvalue weighted by Gasteiger charge is -2.31. The highest BCUT2D eigenvalue weighted by atomic mass is 35.5. The summed E-state index contributed by atoms with van der Waals surface area (Å²) in [6.45, 7) is 2.28. The average molecular weight is 241 g/mol. The zero-order chi connectivity index (χ0) is 11.4. The maximum Gasteiger partial charge on any atom is 0.0951 e. The fourth-order valence-corrected chi connectivity index (χ4v) is 3.22. The van der Waals surface area contributed by atoms with Crippen LogP contribution in [0.15, 0.2) is 12.5 Å². The molecule has 0 aromatic carbocycles. The topological polar surface area (TPSA) is 17.8 Å². The first-order valence-corrected chi connectivity index (χ1v) is 6.97. The quantitative estimate of drug-likeness (QED) is 0.723.